The highest BCUT2D eigenvalue weighted by molar-refractivity contribution is 9.10. The topological polar surface area (TPSA) is 20.2 Å². The van der Waals surface area contributed by atoms with Gasteiger partial charge in [-0.15, -0.1) is 11.3 Å². The molecule has 1 saturated carbocycles. The molecule has 0 spiro atoms. The molecule has 0 atom stereocenters. The van der Waals surface area contributed by atoms with Gasteiger partial charge < -0.3 is 5.11 Å². The average molecular weight is 275 g/mol. The summed E-state index contributed by atoms with van der Waals surface area (Å²) in [6.07, 6.45) is 6.01. The van der Waals surface area contributed by atoms with Gasteiger partial charge in [0.2, 0.25) is 0 Å². The second-order valence-corrected chi connectivity index (χ2v) is 6.18. The first kappa shape index (κ1) is 10.7. The molecule has 14 heavy (non-hydrogen) atoms. The Morgan fingerprint density at radius 3 is 2.64 bits per heavy atom. The molecular weight excluding hydrogens is 260 g/mol. The van der Waals surface area contributed by atoms with Gasteiger partial charge in [-0.1, -0.05) is 12.8 Å². The predicted octanol–water partition coefficient (Wildman–Crippen LogP) is 3.61. The average Bonchev–Trinajstić information content (AvgIpc) is 2.77. The van der Waals surface area contributed by atoms with Gasteiger partial charge in [0.15, 0.2) is 0 Å². The predicted molar refractivity (Wildman–Crippen MR) is 63.7 cm³/mol. The van der Waals surface area contributed by atoms with Gasteiger partial charge in [-0.3, -0.25) is 0 Å². The third-order valence-corrected chi connectivity index (χ3v) is 4.87. The molecule has 1 fully saturated rings. The number of hydrogen-bond donors (Lipinski definition) is 1. The maximum atomic E-state index is 9.48. The molecule has 1 N–H and O–H groups in total. The van der Waals surface area contributed by atoms with E-state index in [2.05, 4.69) is 27.4 Å². The van der Waals surface area contributed by atoms with Crippen LogP contribution in [0.4, 0.5) is 0 Å². The summed E-state index contributed by atoms with van der Waals surface area (Å²) in [5.41, 5.74) is 0.199. The Balaban J connectivity index is 2.08. The van der Waals surface area contributed by atoms with Gasteiger partial charge in [0.1, 0.15) is 0 Å². The number of aliphatic hydroxyl groups is 1. The molecular formula is C11H15BrOS. The Hall–Kier alpha value is 0.140. The molecule has 0 aromatic carbocycles. The SMILES string of the molecule is OCC1(Cc2cc(Br)cs2)CCCC1. The Morgan fingerprint density at radius 1 is 1.43 bits per heavy atom. The minimum absolute atomic E-state index is 0.199. The molecule has 78 valence electrons. The van der Waals surface area contributed by atoms with Crippen molar-refractivity contribution in [3.8, 4) is 0 Å². The second-order valence-electron chi connectivity index (χ2n) is 4.27. The van der Waals surface area contributed by atoms with Crippen LogP contribution >= 0.6 is 27.3 Å². The first-order chi connectivity index (χ1) is 6.74. The van der Waals surface area contributed by atoms with Gasteiger partial charge in [0, 0.05) is 21.3 Å². The summed E-state index contributed by atoms with van der Waals surface area (Å²) in [6, 6.07) is 2.18. The smallest absolute Gasteiger partial charge is 0.0490 e. The van der Waals surface area contributed by atoms with Crippen molar-refractivity contribution < 1.29 is 5.11 Å². The Bertz CT molecular complexity index is 302. The summed E-state index contributed by atoms with van der Waals surface area (Å²) in [7, 11) is 0. The van der Waals surface area contributed by atoms with Crippen molar-refractivity contribution in [2.45, 2.75) is 32.1 Å². The number of hydrogen-bond acceptors (Lipinski definition) is 2. The molecule has 1 nitrogen and oxygen atoms in total. The van der Waals surface area contributed by atoms with Gasteiger partial charge in [-0.05, 0) is 46.7 Å². The highest BCUT2D eigenvalue weighted by atomic mass is 79.9. The van der Waals surface area contributed by atoms with Crippen LogP contribution in [-0.2, 0) is 6.42 Å². The maximum Gasteiger partial charge on any atom is 0.0490 e. The van der Waals surface area contributed by atoms with Crippen LogP contribution in [0.15, 0.2) is 15.9 Å². The van der Waals surface area contributed by atoms with Gasteiger partial charge >= 0.3 is 0 Å². The van der Waals surface area contributed by atoms with Crippen molar-refractivity contribution >= 4 is 27.3 Å². The van der Waals surface area contributed by atoms with E-state index < -0.39 is 0 Å². The molecule has 0 bridgehead atoms. The van der Waals surface area contributed by atoms with Crippen LogP contribution in [-0.4, -0.2) is 11.7 Å². The van der Waals surface area contributed by atoms with E-state index in [1.165, 1.54) is 35.0 Å². The lowest BCUT2D eigenvalue weighted by atomic mass is 9.83. The van der Waals surface area contributed by atoms with E-state index in [1.54, 1.807) is 11.3 Å². The fraction of sp³-hybridized carbons (Fsp3) is 0.636. The lowest BCUT2D eigenvalue weighted by Gasteiger charge is -2.25. The van der Waals surface area contributed by atoms with E-state index in [0.717, 1.165) is 6.42 Å². The molecule has 0 amide bonds. The number of thiophene rings is 1. The Morgan fingerprint density at radius 2 is 2.14 bits per heavy atom. The number of rotatable bonds is 3. The van der Waals surface area contributed by atoms with Gasteiger partial charge in [-0.25, -0.2) is 0 Å². The molecule has 1 aromatic heterocycles. The zero-order valence-electron chi connectivity index (χ0n) is 8.13. The summed E-state index contributed by atoms with van der Waals surface area (Å²) in [4.78, 5) is 1.40. The zero-order chi connectivity index (χ0) is 10.0. The largest absolute Gasteiger partial charge is 0.396 e. The summed E-state index contributed by atoms with van der Waals surface area (Å²) in [5, 5.41) is 11.6. The van der Waals surface area contributed by atoms with Crippen molar-refractivity contribution in [1.82, 2.24) is 0 Å². The highest BCUT2D eigenvalue weighted by Gasteiger charge is 2.33. The maximum absolute atomic E-state index is 9.48. The van der Waals surface area contributed by atoms with Crippen LogP contribution < -0.4 is 0 Å². The third kappa shape index (κ3) is 2.20. The molecule has 0 radical (unpaired) electrons. The van der Waals surface area contributed by atoms with Crippen LogP contribution in [0.1, 0.15) is 30.6 Å². The molecule has 0 saturated heterocycles. The second kappa shape index (κ2) is 4.33. The van der Waals surface area contributed by atoms with Crippen molar-refractivity contribution in [3.05, 3.63) is 20.8 Å². The van der Waals surface area contributed by atoms with Crippen molar-refractivity contribution in [1.29, 1.82) is 0 Å². The first-order valence-corrected chi connectivity index (χ1v) is 6.75. The highest BCUT2D eigenvalue weighted by Crippen LogP contribution is 2.41. The van der Waals surface area contributed by atoms with E-state index in [4.69, 9.17) is 0 Å². The molecule has 1 aliphatic carbocycles. The molecule has 1 aromatic rings. The summed E-state index contributed by atoms with van der Waals surface area (Å²) in [6.45, 7) is 0.350. The van der Waals surface area contributed by atoms with Crippen LogP contribution in [0.5, 0.6) is 0 Å². The van der Waals surface area contributed by atoms with Crippen LogP contribution in [0.2, 0.25) is 0 Å². The molecule has 2 rings (SSSR count). The molecule has 3 heteroatoms. The molecule has 1 heterocycles. The quantitative estimate of drug-likeness (QED) is 0.893. The zero-order valence-corrected chi connectivity index (χ0v) is 10.5. The summed E-state index contributed by atoms with van der Waals surface area (Å²) < 4.78 is 1.17. The van der Waals surface area contributed by atoms with Crippen LogP contribution in [0.3, 0.4) is 0 Å². The van der Waals surface area contributed by atoms with E-state index in [1.807, 2.05) is 0 Å². The fourth-order valence-electron chi connectivity index (χ4n) is 2.33. The van der Waals surface area contributed by atoms with E-state index in [-0.39, 0.29) is 5.41 Å². The van der Waals surface area contributed by atoms with Crippen molar-refractivity contribution in [3.63, 3.8) is 0 Å². The summed E-state index contributed by atoms with van der Waals surface area (Å²) >= 11 is 5.26. The van der Waals surface area contributed by atoms with E-state index in [0.29, 0.717) is 6.61 Å². The lowest BCUT2D eigenvalue weighted by Crippen LogP contribution is -2.23. The normalized spacial score (nSPS) is 20.1. The fourth-order valence-corrected chi connectivity index (χ4v) is 3.96. The van der Waals surface area contributed by atoms with E-state index in [9.17, 15) is 5.11 Å². The number of aliphatic hydroxyl groups excluding tert-OH is 1. The van der Waals surface area contributed by atoms with Gasteiger partial charge in [0.05, 0.1) is 0 Å². The number of halogens is 1. The minimum atomic E-state index is 0.199. The van der Waals surface area contributed by atoms with Crippen LogP contribution in [0, 0.1) is 5.41 Å². The standard InChI is InChI=1S/C11H15BrOS/c12-9-5-10(14-7-9)6-11(8-13)3-1-2-4-11/h5,7,13H,1-4,6,8H2. The van der Waals surface area contributed by atoms with E-state index >= 15 is 0 Å². The first-order valence-electron chi connectivity index (χ1n) is 5.08. The molecule has 0 unspecified atom stereocenters. The van der Waals surface area contributed by atoms with Crippen LogP contribution in [0.25, 0.3) is 0 Å². The van der Waals surface area contributed by atoms with Gasteiger partial charge in [-0.2, -0.15) is 0 Å². The monoisotopic (exact) mass is 274 g/mol. The molecule has 0 aliphatic heterocycles. The third-order valence-electron chi connectivity index (χ3n) is 3.17. The Labute approximate surface area is 97.3 Å². The van der Waals surface area contributed by atoms with Crippen molar-refractivity contribution in [2.24, 2.45) is 5.41 Å². The van der Waals surface area contributed by atoms with Crippen molar-refractivity contribution in [2.75, 3.05) is 6.61 Å². The lowest BCUT2D eigenvalue weighted by molar-refractivity contribution is 0.131. The summed E-state index contributed by atoms with van der Waals surface area (Å²) in [5.74, 6) is 0. The van der Waals surface area contributed by atoms with Gasteiger partial charge in [0.25, 0.3) is 0 Å². The molecule has 1 aliphatic rings. The minimum Gasteiger partial charge on any atom is -0.396 e. The Kier molecular flexibility index (Phi) is 3.30.